The summed E-state index contributed by atoms with van der Waals surface area (Å²) in [5.74, 6) is -0.437. The maximum atomic E-state index is 13.8. The molecule has 8 nitrogen and oxygen atoms in total. The van der Waals surface area contributed by atoms with Crippen LogP contribution in [-0.4, -0.2) is 22.7 Å². The van der Waals surface area contributed by atoms with Gasteiger partial charge >= 0.3 is 0 Å². The molecule has 0 aliphatic carbocycles. The van der Waals surface area contributed by atoms with Crippen LogP contribution in [0.5, 0.6) is 5.75 Å². The van der Waals surface area contributed by atoms with E-state index < -0.39 is 17.1 Å². The molecule has 1 heterocycles. The van der Waals surface area contributed by atoms with Gasteiger partial charge in [-0.1, -0.05) is 121 Å². The predicted molar refractivity (Wildman–Crippen MR) is 230 cm³/mol. The van der Waals surface area contributed by atoms with Crippen molar-refractivity contribution in [3.05, 3.63) is 203 Å². The standard InChI is InChI=1S/C47H38N4O4S2/c1-32-42(35-16-8-3-9-17-35)50-47(56-32)51-46(54)43(36-18-10-4-11-19-36)57-40-28-24-38(25-29-40)48-45(53)41(49-44(52)37-20-12-5-13-21-37)30-33-22-26-39(27-23-33)55-31-34-14-6-2-7-15-34/h2-30,43H,31H2,1H3,(H,48,53)(H,49,52)(H,50,51,54)/b41-30-. The number of aromatic nitrogens is 1. The highest BCUT2D eigenvalue weighted by atomic mass is 32.2. The van der Waals surface area contributed by atoms with Crippen molar-refractivity contribution in [2.24, 2.45) is 0 Å². The van der Waals surface area contributed by atoms with Crippen molar-refractivity contribution in [3.8, 4) is 17.0 Å². The third-order valence-corrected chi connectivity index (χ3v) is 10.9. The van der Waals surface area contributed by atoms with Gasteiger partial charge in [0.25, 0.3) is 11.8 Å². The maximum absolute atomic E-state index is 13.8. The molecule has 0 radical (unpaired) electrons. The van der Waals surface area contributed by atoms with Crippen molar-refractivity contribution >= 4 is 57.7 Å². The fourth-order valence-corrected chi connectivity index (χ4v) is 7.71. The zero-order valence-corrected chi connectivity index (χ0v) is 32.6. The summed E-state index contributed by atoms with van der Waals surface area (Å²) in [5, 5.41) is 8.71. The number of carbonyl (C=O) groups is 3. The fourth-order valence-electron chi connectivity index (χ4n) is 5.85. The molecule has 10 heteroatoms. The summed E-state index contributed by atoms with van der Waals surface area (Å²) < 4.78 is 5.92. The van der Waals surface area contributed by atoms with Crippen LogP contribution in [0.2, 0.25) is 0 Å². The number of thioether (sulfide) groups is 1. The van der Waals surface area contributed by atoms with Crippen LogP contribution in [-0.2, 0) is 16.2 Å². The van der Waals surface area contributed by atoms with Crippen molar-refractivity contribution in [2.45, 2.75) is 23.7 Å². The first-order chi connectivity index (χ1) is 27.9. The molecule has 0 fully saturated rings. The smallest absolute Gasteiger partial charge is 0.272 e. The van der Waals surface area contributed by atoms with Crippen molar-refractivity contribution < 1.29 is 19.1 Å². The van der Waals surface area contributed by atoms with E-state index in [9.17, 15) is 14.4 Å². The summed E-state index contributed by atoms with van der Waals surface area (Å²) in [6.45, 7) is 2.42. The molecule has 1 aromatic heterocycles. The predicted octanol–water partition coefficient (Wildman–Crippen LogP) is 10.6. The zero-order valence-electron chi connectivity index (χ0n) is 30.9. The lowest BCUT2D eigenvalue weighted by Crippen LogP contribution is -2.30. The van der Waals surface area contributed by atoms with Gasteiger partial charge in [-0.25, -0.2) is 4.98 Å². The number of nitrogens with zero attached hydrogens (tertiary/aromatic N) is 1. The molecule has 0 saturated heterocycles. The van der Waals surface area contributed by atoms with Gasteiger partial charge in [-0.15, -0.1) is 23.1 Å². The second-order valence-corrected chi connectivity index (χ2v) is 15.3. The van der Waals surface area contributed by atoms with Crippen LogP contribution in [0, 0.1) is 6.92 Å². The molecule has 1 unspecified atom stereocenters. The van der Waals surface area contributed by atoms with Gasteiger partial charge in [0.2, 0.25) is 5.91 Å². The van der Waals surface area contributed by atoms with E-state index in [0.29, 0.717) is 34.3 Å². The van der Waals surface area contributed by atoms with E-state index in [-0.39, 0.29) is 11.6 Å². The van der Waals surface area contributed by atoms with Crippen molar-refractivity contribution in [1.82, 2.24) is 10.3 Å². The first kappa shape index (κ1) is 38.5. The Morgan fingerprint density at radius 3 is 2.00 bits per heavy atom. The van der Waals surface area contributed by atoms with Crippen LogP contribution in [0.3, 0.4) is 0 Å². The number of aryl methyl sites for hydroxylation is 1. The highest BCUT2D eigenvalue weighted by Gasteiger charge is 2.24. The summed E-state index contributed by atoms with van der Waals surface area (Å²) in [4.78, 5) is 47.4. The first-order valence-corrected chi connectivity index (χ1v) is 19.9. The number of rotatable bonds is 14. The zero-order chi connectivity index (χ0) is 39.4. The lowest BCUT2D eigenvalue weighted by atomic mass is 10.1. The second-order valence-electron chi connectivity index (χ2n) is 12.9. The lowest BCUT2D eigenvalue weighted by molar-refractivity contribution is -0.116. The molecule has 0 spiro atoms. The van der Waals surface area contributed by atoms with Gasteiger partial charge in [-0.3, -0.25) is 14.4 Å². The van der Waals surface area contributed by atoms with E-state index in [1.54, 1.807) is 42.5 Å². The van der Waals surface area contributed by atoms with E-state index in [1.165, 1.54) is 23.1 Å². The number of nitrogens with one attached hydrogen (secondary N) is 3. The quantitative estimate of drug-likeness (QED) is 0.0748. The van der Waals surface area contributed by atoms with Gasteiger partial charge in [-0.05, 0) is 78.2 Å². The van der Waals surface area contributed by atoms with Crippen LogP contribution in [0.1, 0.15) is 37.2 Å². The average molecular weight is 787 g/mol. The molecule has 282 valence electrons. The van der Waals surface area contributed by atoms with Gasteiger partial charge in [0.05, 0.1) is 5.69 Å². The van der Waals surface area contributed by atoms with E-state index in [4.69, 9.17) is 9.72 Å². The minimum Gasteiger partial charge on any atom is -0.489 e. The Morgan fingerprint density at radius 1 is 0.719 bits per heavy atom. The Labute approximate surface area is 339 Å². The van der Waals surface area contributed by atoms with Gasteiger partial charge < -0.3 is 20.7 Å². The van der Waals surface area contributed by atoms with Crippen LogP contribution >= 0.6 is 23.1 Å². The number of anilines is 2. The van der Waals surface area contributed by atoms with Crippen molar-refractivity contribution in [3.63, 3.8) is 0 Å². The minimum atomic E-state index is -0.575. The summed E-state index contributed by atoms with van der Waals surface area (Å²) in [6.07, 6.45) is 1.62. The van der Waals surface area contributed by atoms with Crippen LogP contribution in [0.25, 0.3) is 17.3 Å². The number of carbonyl (C=O) groups excluding carboxylic acids is 3. The van der Waals surface area contributed by atoms with Gasteiger partial charge in [0.1, 0.15) is 23.3 Å². The monoisotopic (exact) mass is 786 g/mol. The Hall–Kier alpha value is -6.75. The average Bonchev–Trinajstić information content (AvgIpc) is 3.63. The summed E-state index contributed by atoms with van der Waals surface area (Å²) in [6, 6.07) is 52.6. The molecule has 0 aliphatic heterocycles. The number of hydrogen-bond acceptors (Lipinski definition) is 7. The van der Waals surface area contributed by atoms with Gasteiger partial charge in [-0.2, -0.15) is 0 Å². The Balaban J connectivity index is 1.05. The molecule has 7 rings (SSSR count). The van der Waals surface area contributed by atoms with E-state index in [1.807, 2.05) is 140 Å². The topological polar surface area (TPSA) is 109 Å². The Kier molecular flexibility index (Phi) is 12.7. The normalized spacial score (nSPS) is 11.6. The molecule has 3 amide bonds. The minimum absolute atomic E-state index is 0.0638. The number of benzene rings is 6. The molecule has 0 bridgehead atoms. The highest BCUT2D eigenvalue weighted by molar-refractivity contribution is 8.00. The molecule has 7 aromatic rings. The molecule has 0 saturated carbocycles. The van der Waals surface area contributed by atoms with Gasteiger partial charge in [0.15, 0.2) is 5.13 Å². The van der Waals surface area contributed by atoms with Gasteiger partial charge in [0, 0.05) is 26.6 Å². The maximum Gasteiger partial charge on any atom is 0.272 e. The molecular weight excluding hydrogens is 749 g/mol. The third-order valence-electron chi connectivity index (χ3n) is 8.75. The van der Waals surface area contributed by atoms with Crippen molar-refractivity contribution in [1.29, 1.82) is 0 Å². The molecule has 57 heavy (non-hydrogen) atoms. The SMILES string of the molecule is Cc1sc(NC(=O)C(Sc2ccc(NC(=O)/C(=C/c3ccc(OCc4ccccc4)cc3)NC(=O)c3ccccc3)cc2)c2ccccc2)nc1-c1ccccc1. The molecule has 1 atom stereocenters. The van der Waals surface area contributed by atoms with Crippen LogP contribution in [0.15, 0.2) is 180 Å². The first-order valence-electron chi connectivity index (χ1n) is 18.2. The Morgan fingerprint density at radius 2 is 1.33 bits per heavy atom. The van der Waals surface area contributed by atoms with E-state index in [2.05, 4.69) is 16.0 Å². The van der Waals surface area contributed by atoms with Crippen LogP contribution in [0.4, 0.5) is 10.8 Å². The van der Waals surface area contributed by atoms with E-state index >= 15 is 0 Å². The summed E-state index contributed by atoms with van der Waals surface area (Å²) in [5.41, 5.74) is 5.42. The number of ether oxygens (including phenoxy) is 1. The third kappa shape index (κ3) is 10.5. The molecule has 3 N–H and O–H groups in total. The number of hydrogen-bond donors (Lipinski definition) is 3. The number of thiazole rings is 1. The lowest BCUT2D eigenvalue weighted by Gasteiger charge is -2.17. The molecule has 6 aromatic carbocycles. The Bertz CT molecular complexity index is 2460. The van der Waals surface area contributed by atoms with Crippen LogP contribution < -0.4 is 20.7 Å². The molecular formula is C47H38N4O4S2. The summed E-state index contributed by atoms with van der Waals surface area (Å²) >= 11 is 2.84. The summed E-state index contributed by atoms with van der Waals surface area (Å²) in [7, 11) is 0. The van der Waals surface area contributed by atoms with Crippen molar-refractivity contribution in [2.75, 3.05) is 10.6 Å². The van der Waals surface area contributed by atoms with E-state index in [0.717, 1.165) is 32.2 Å². The number of amides is 3. The highest BCUT2D eigenvalue weighted by Crippen LogP contribution is 2.38. The fraction of sp³-hybridized carbons (Fsp3) is 0.0638. The molecule has 0 aliphatic rings. The largest absolute Gasteiger partial charge is 0.489 e. The second kappa shape index (κ2) is 18.7.